The van der Waals surface area contributed by atoms with Crippen molar-refractivity contribution in [1.82, 2.24) is 18.7 Å². The summed E-state index contributed by atoms with van der Waals surface area (Å²) in [4.78, 5) is 8.83. The molecular weight excluding hydrogens is 384 g/mol. The highest BCUT2D eigenvalue weighted by Crippen LogP contribution is 2.30. The van der Waals surface area contributed by atoms with Gasteiger partial charge in [-0.15, -0.1) is 6.58 Å². The molecule has 0 aliphatic carbocycles. The molecule has 0 aliphatic heterocycles. The van der Waals surface area contributed by atoms with Gasteiger partial charge in [-0.2, -0.15) is 8.75 Å². The van der Waals surface area contributed by atoms with E-state index in [-0.39, 0.29) is 23.1 Å². The van der Waals surface area contributed by atoms with Crippen molar-refractivity contribution in [3.8, 4) is 0 Å². The van der Waals surface area contributed by atoms with Gasteiger partial charge in [-0.3, -0.25) is 4.72 Å². The normalized spacial score (nSPS) is 11.6. The number of hydrogen-bond donors (Lipinski definition) is 1. The minimum absolute atomic E-state index is 0.0263. The van der Waals surface area contributed by atoms with E-state index in [1.165, 1.54) is 6.07 Å². The lowest BCUT2D eigenvalue weighted by molar-refractivity contribution is 0.602. The Bertz CT molecular complexity index is 1250. The van der Waals surface area contributed by atoms with Gasteiger partial charge in [0.1, 0.15) is 21.7 Å². The van der Waals surface area contributed by atoms with Gasteiger partial charge >= 0.3 is 0 Å². The molecule has 0 spiro atoms. The fraction of sp³-hybridized carbons (Fsp3) is 0.0588. The molecular formula is C17H13N6O2S2-. The Kier molecular flexibility index (Phi) is 4.42. The number of aromatic nitrogens is 4. The molecule has 10 heteroatoms. The molecule has 8 nitrogen and oxygen atoms in total. The molecule has 0 aliphatic rings. The lowest BCUT2D eigenvalue weighted by Gasteiger charge is -2.20. The van der Waals surface area contributed by atoms with Crippen molar-refractivity contribution in [1.29, 1.82) is 0 Å². The fourth-order valence-corrected chi connectivity index (χ4v) is 4.27. The molecule has 4 aromatic rings. The number of anilines is 1. The van der Waals surface area contributed by atoms with Gasteiger partial charge in [0.25, 0.3) is 10.0 Å². The Hall–Kier alpha value is -3.11. The molecule has 2 aromatic heterocycles. The maximum Gasteiger partial charge on any atom is 0.265 e. The van der Waals surface area contributed by atoms with Crippen molar-refractivity contribution >= 4 is 55.5 Å². The number of para-hydroxylation sites is 2. The van der Waals surface area contributed by atoms with Crippen molar-refractivity contribution in [2.24, 2.45) is 0 Å². The number of benzene rings is 2. The summed E-state index contributed by atoms with van der Waals surface area (Å²) in [5.41, 5.74) is 2.01. The van der Waals surface area contributed by atoms with Crippen LogP contribution in [0.4, 0.5) is 11.6 Å². The Morgan fingerprint density at radius 1 is 1.04 bits per heavy atom. The third-order valence-corrected chi connectivity index (χ3v) is 5.60. The highest BCUT2D eigenvalue weighted by Gasteiger charge is 2.21. The van der Waals surface area contributed by atoms with E-state index in [9.17, 15) is 8.42 Å². The van der Waals surface area contributed by atoms with Crippen molar-refractivity contribution in [2.75, 3.05) is 11.3 Å². The number of rotatable bonds is 6. The smallest absolute Gasteiger partial charge is 0.265 e. The van der Waals surface area contributed by atoms with Crippen LogP contribution >= 0.6 is 11.7 Å². The molecule has 0 fully saturated rings. The number of nitrogens with one attached hydrogen (secondary N) is 1. The Labute approximate surface area is 159 Å². The predicted octanol–water partition coefficient (Wildman–Crippen LogP) is 3.63. The van der Waals surface area contributed by atoms with E-state index < -0.39 is 10.0 Å². The summed E-state index contributed by atoms with van der Waals surface area (Å²) in [7, 11) is -3.96. The fourth-order valence-electron chi connectivity index (χ4n) is 2.50. The topological polar surface area (TPSA) is 112 Å². The van der Waals surface area contributed by atoms with Crippen LogP contribution in [0, 0.1) is 0 Å². The molecule has 0 bridgehead atoms. The average Bonchev–Trinajstić information content (AvgIpc) is 3.14. The highest BCUT2D eigenvalue weighted by molar-refractivity contribution is 7.93. The summed E-state index contributed by atoms with van der Waals surface area (Å²) in [6.07, 6.45) is 1.59. The first-order valence-electron chi connectivity index (χ1n) is 7.88. The maximum absolute atomic E-state index is 13.0. The molecule has 4 rings (SSSR count). The third kappa shape index (κ3) is 3.32. The zero-order valence-corrected chi connectivity index (χ0v) is 15.5. The standard InChI is InChI=1S/C17H13N6O2S2/c1-2-10-18-16-17(20-12-7-4-3-6-11(12)19-16)23-27(24,25)14-9-5-8-13-15(14)22-26-21-13/h2-9H,1,10H2,(H-,18,19,20,23)/q-1. The SMILES string of the molecule is C=CC[N-]c1nc2ccccc2nc1NS(=O)(=O)c1cccc2nsnc12. The molecule has 27 heavy (non-hydrogen) atoms. The van der Waals surface area contributed by atoms with Crippen LogP contribution in [0.15, 0.2) is 60.0 Å². The molecule has 0 unspecified atom stereocenters. The summed E-state index contributed by atoms with van der Waals surface area (Å²) < 4.78 is 36.6. The summed E-state index contributed by atoms with van der Waals surface area (Å²) in [6, 6.07) is 12.0. The number of nitrogens with zero attached hydrogens (tertiary/aromatic N) is 5. The minimum Gasteiger partial charge on any atom is -0.458 e. The van der Waals surface area contributed by atoms with Gasteiger partial charge in [-0.25, -0.2) is 13.4 Å². The monoisotopic (exact) mass is 397 g/mol. The first kappa shape index (κ1) is 17.3. The van der Waals surface area contributed by atoms with Gasteiger partial charge in [0.15, 0.2) is 0 Å². The van der Waals surface area contributed by atoms with Crippen molar-refractivity contribution in [3.63, 3.8) is 0 Å². The van der Waals surface area contributed by atoms with Gasteiger partial charge in [0.2, 0.25) is 0 Å². The molecule has 0 saturated carbocycles. The third-order valence-electron chi connectivity index (χ3n) is 3.69. The highest BCUT2D eigenvalue weighted by atomic mass is 32.2. The molecule has 0 amide bonds. The first-order chi connectivity index (χ1) is 13.1. The zero-order valence-electron chi connectivity index (χ0n) is 13.9. The summed E-state index contributed by atoms with van der Waals surface area (Å²) in [5.74, 6) is 0.247. The Morgan fingerprint density at radius 3 is 2.56 bits per heavy atom. The van der Waals surface area contributed by atoms with E-state index in [2.05, 4.69) is 35.3 Å². The lowest BCUT2D eigenvalue weighted by Crippen LogP contribution is -2.15. The van der Waals surface area contributed by atoms with Crippen LogP contribution in [0.3, 0.4) is 0 Å². The number of hydrogen-bond acceptors (Lipinski definition) is 7. The first-order valence-corrected chi connectivity index (χ1v) is 10.1. The van der Waals surface area contributed by atoms with Crippen molar-refractivity contribution in [3.05, 3.63) is 60.4 Å². The van der Waals surface area contributed by atoms with Crippen LogP contribution in [0.25, 0.3) is 27.4 Å². The molecule has 2 heterocycles. The Balaban J connectivity index is 1.81. The summed E-state index contributed by atoms with van der Waals surface area (Å²) in [6.45, 7) is 3.91. The second-order valence-corrected chi connectivity index (χ2v) is 7.69. The van der Waals surface area contributed by atoms with Gasteiger partial charge in [0, 0.05) is 0 Å². The Morgan fingerprint density at radius 2 is 1.78 bits per heavy atom. The van der Waals surface area contributed by atoms with Crippen LogP contribution in [0.5, 0.6) is 0 Å². The quantitative estimate of drug-likeness (QED) is 0.497. The molecule has 2 aromatic carbocycles. The van der Waals surface area contributed by atoms with Crippen LogP contribution in [-0.4, -0.2) is 33.7 Å². The van der Waals surface area contributed by atoms with Gasteiger partial charge in [0.05, 0.1) is 17.2 Å². The van der Waals surface area contributed by atoms with Crippen molar-refractivity contribution < 1.29 is 8.42 Å². The second-order valence-electron chi connectivity index (χ2n) is 5.51. The maximum atomic E-state index is 13.0. The van der Waals surface area contributed by atoms with Crippen LogP contribution < -0.4 is 4.72 Å². The molecule has 0 saturated heterocycles. The molecule has 136 valence electrons. The largest absolute Gasteiger partial charge is 0.458 e. The van der Waals surface area contributed by atoms with Crippen LogP contribution in [0.1, 0.15) is 0 Å². The molecule has 1 N–H and O–H groups in total. The average molecular weight is 397 g/mol. The van der Waals surface area contributed by atoms with Crippen molar-refractivity contribution in [2.45, 2.75) is 4.90 Å². The van der Waals surface area contributed by atoms with E-state index in [4.69, 9.17) is 0 Å². The second kappa shape index (κ2) is 6.89. The molecule has 0 atom stereocenters. The van der Waals surface area contributed by atoms with E-state index in [1.807, 2.05) is 6.07 Å². The van der Waals surface area contributed by atoms with Gasteiger partial charge < -0.3 is 10.3 Å². The number of sulfonamides is 1. The summed E-state index contributed by atoms with van der Waals surface area (Å²) >= 11 is 0.956. The summed E-state index contributed by atoms with van der Waals surface area (Å²) in [5, 5.41) is 4.26. The number of fused-ring (bicyclic) bond motifs is 2. The van der Waals surface area contributed by atoms with E-state index >= 15 is 0 Å². The minimum atomic E-state index is -3.96. The zero-order chi connectivity index (χ0) is 18.9. The molecule has 0 radical (unpaired) electrons. The van der Waals surface area contributed by atoms with Crippen LogP contribution in [-0.2, 0) is 10.0 Å². The van der Waals surface area contributed by atoms with Gasteiger partial charge in [-0.1, -0.05) is 30.3 Å². The van der Waals surface area contributed by atoms with Crippen LogP contribution in [0.2, 0.25) is 0 Å². The van der Waals surface area contributed by atoms with E-state index in [1.54, 1.807) is 36.4 Å². The van der Waals surface area contributed by atoms with Gasteiger partial charge in [-0.05, 0) is 36.1 Å². The lowest BCUT2D eigenvalue weighted by atomic mass is 10.3. The predicted molar refractivity (Wildman–Crippen MR) is 106 cm³/mol. The van der Waals surface area contributed by atoms with E-state index in [0.29, 0.717) is 22.1 Å². The van der Waals surface area contributed by atoms with E-state index in [0.717, 1.165) is 11.7 Å².